The van der Waals surface area contributed by atoms with E-state index in [4.69, 9.17) is 5.73 Å². The highest BCUT2D eigenvalue weighted by atomic mass is 19.1. The maximum absolute atomic E-state index is 13.0. The first-order valence-electron chi connectivity index (χ1n) is 4.25. The number of nitrogens with two attached hydrogens (primary N) is 1. The van der Waals surface area contributed by atoms with Crippen LogP contribution in [0.25, 0.3) is 0 Å². The summed E-state index contributed by atoms with van der Waals surface area (Å²) in [5.74, 6) is 5.20. The second-order valence-electron chi connectivity index (χ2n) is 2.76. The molecule has 0 aromatic heterocycles. The lowest BCUT2D eigenvalue weighted by molar-refractivity contribution is 0.624. The number of rotatable bonds is 1. The Hall–Kier alpha value is -1.33. The Morgan fingerprint density at radius 2 is 2.15 bits per heavy atom. The Kier molecular flexibility index (Phi) is 3.48. The quantitative estimate of drug-likeness (QED) is 0.651. The Bertz CT molecular complexity index is 335. The van der Waals surface area contributed by atoms with Crippen LogP contribution >= 0.6 is 0 Å². The number of benzene rings is 1. The van der Waals surface area contributed by atoms with E-state index in [0.29, 0.717) is 5.56 Å². The molecule has 68 valence electrons. The number of halogens is 1. The van der Waals surface area contributed by atoms with Crippen molar-refractivity contribution in [1.82, 2.24) is 0 Å². The van der Waals surface area contributed by atoms with E-state index in [2.05, 4.69) is 11.8 Å². The molecule has 0 bridgehead atoms. The van der Waals surface area contributed by atoms with E-state index < -0.39 is 0 Å². The number of hydrogen-bond acceptors (Lipinski definition) is 1. The van der Waals surface area contributed by atoms with Crippen molar-refractivity contribution < 1.29 is 4.39 Å². The topological polar surface area (TPSA) is 26.0 Å². The van der Waals surface area contributed by atoms with Gasteiger partial charge in [-0.3, -0.25) is 0 Å². The fourth-order valence-corrected chi connectivity index (χ4v) is 0.835. The Labute approximate surface area is 77.8 Å². The summed E-state index contributed by atoms with van der Waals surface area (Å²) in [5.41, 5.74) is 5.98. The highest BCUT2D eigenvalue weighted by Crippen LogP contribution is 2.03. The lowest BCUT2D eigenvalue weighted by Crippen LogP contribution is -2.15. The molecule has 0 saturated heterocycles. The van der Waals surface area contributed by atoms with Gasteiger partial charge in [0.1, 0.15) is 5.82 Å². The fraction of sp³-hybridized carbons (Fsp3) is 0.273. The van der Waals surface area contributed by atoms with Crippen molar-refractivity contribution in [2.24, 2.45) is 5.73 Å². The summed E-state index contributed by atoms with van der Waals surface area (Å²) in [4.78, 5) is 0. The molecule has 2 N–H and O–H groups in total. The van der Waals surface area contributed by atoms with Crippen LogP contribution in [0.4, 0.5) is 4.39 Å². The molecule has 0 spiro atoms. The zero-order chi connectivity index (χ0) is 9.68. The summed E-state index contributed by atoms with van der Waals surface area (Å²) in [7, 11) is 0. The molecule has 0 amide bonds. The van der Waals surface area contributed by atoms with Crippen molar-refractivity contribution in [1.29, 1.82) is 0 Å². The first-order chi connectivity index (χ1) is 6.24. The minimum absolute atomic E-state index is 0.167. The van der Waals surface area contributed by atoms with Crippen LogP contribution in [0.1, 0.15) is 18.9 Å². The molecule has 0 aliphatic rings. The van der Waals surface area contributed by atoms with Crippen molar-refractivity contribution in [2.75, 3.05) is 0 Å². The molecule has 1 nitrogen and oxygen atoms in total. The van der Waals surface area contributed by atoms with Gasteiger partial charge in [-0.1, -0.05) is 30.9 Å². The van der Waals surface area contributed by atoms with E-state index >= 15 is 0 Å². The van der Waals surface area contributed by atoms with E-state index in [1.807, 2.05) is 6.92 Å². The van der Waals surface area contributed by atoms with Crippen LogP contribution in [0, 0.1) is 17.7 Å². The Balaban J connectivity index is 2.83. The van der Waals surface area contributed by atoms with E-state index in [0.717, 1.165) is 6.42 Å². The van der Waals surface area contributed by atoms with Crippen LogP contribution in [0.2, 0.25) is 0 Å². The zero-order valence-corrected chi connectivity index (χ0v) is 7.55. The maximum Gasteiger partial charge on any atom is 0.138 e. The first kappa shape index (κ1) is 9.76. The predicted octanol–water partition coefficient (Wildman–Crippen LogP) is 1.91. The first-order valence-corrected chi connectivity index (χ1v) is 4.25. The van der Waals surface area contributed by atoms with Gasteiger partial charge in [-0.15, -0.1) is 0 Å². The molecule has 0 radical (unpaired) electrons. The molecule has 0 aliphatic carbocycles. The molecule has 1 atom stereocenters. The van der Waals surface area contributed by atoms with Crippen LogP contribution in [0.15, 0.2) is 24.3 Å². The molecule has 1 unspecified atom stereocenters. The molecule has 0 saturated carbocycles. The second kappa shape index (κ2) is 4.64. The third kappa shape index (κ3) is 2.89. The predicted molar refractivity (Wildman–Crippen MR) is 51.5 cm³/mol. The summed E-state index contributed by atoms with van der Waals surface area (Å²) < 4.78 is 13.0. The number of hydrogen-bond donors (Lipinski definition) is 1. The fourth-order valence-electron chi connectivity index (χ4n) is 0.835. The van der Waals surface area contributed by atoms with Crippen LogP contribution in [-0.2, 0) is 0 Å². The smallest absolute Gasteiger partial charge is 0.138 e. The minimum Gasteiger partial charge on any atom is -0.318 e. The zero-order valence-electron chi connectivity index (χ0n) is 7.55. The van der Waals surface area contributed by atoms with E-state index in [1.165, 1.54) is 6.07 Å². The highest BCUT2D eigenvalue weighted by molar-refractivity contribution is 5.36. The molecule has 13 heavy (non-hydrogen) atoms. The van der Waals surface area contributed by atoms with Gasteiger partial charge < -0.3 is 5.73 Å². The Morgan fingerprint density at radius 1 is 1.46 bits per heavy atom. The van der Waals surface area contributed by atoms with Gasteiger partial charge in [0.2, 0.25) is 0 Å². The average Bonchev–Trinajstić information content (AvgIpc) is 2.16. The van der Waals surface area contributed by atoms with Gasteiger partial charge in [0.25, 0.3) is 0 Å². The SMILES string of the molecule is CCC(N)C#Cc1ccccc1F. The van der Waals surface area contributed by atoms with Gasteiger partial charge in [0, 0.05) is 0 Å². The highest BCUT2D eigenvalue weighted by Gasteiger charge is 1.95. The summed E-state index contributed by atoms with van der Waals surface area (Å²) in [5, 5.41) is 0. The van der Waals surface area contributed by atoms with Crippen molar-refractivity contribution in [2.45, 2.75) is 19.4 Å². The molecule has 1 rings (SSSR count). The van der Waals surface area contributed by atoms with Crippen molar-refractivity contribution >= 4 is 0 Å². The van der Waals surface area contributed by atoms with Crippen LogP contribution in [-0.4, -0.2) is 6.04 Å². The second-order valence-corrected chi connectivity index (χ2v) is 2.76. The van der Waals surface area contributed by atoms with Crippen LogP contribution in [0.3, 0.4) is 0 Å². The Morgan fingerprint density at radius 3 is 2.77 bits per heavy atom. The van der Waals surface area contributed by atoms with Crippen molar-refractivity contribution in [3.05, 3.63) is 35.6 Å². The molecular formula is C11H12FN. The third-order valence-corrected chi connectivity index (χ3v) is 1.71. The van der Waals surface area contributed by atoms with Gasteiger partial charge in [-0.2, -0.15) is 0 Å². The van der Waals surface area contributed by atoms with Crippen molar-refractivity contribution in [3.63, 3.8) is 0 Å². The van der Waals surface area contributed by atoms with Gasteiger partial charge in [-0.25, -0.2) is 4.39 Å². The maximum atomic E-state index is 13.0. The minimum atomic E-state index is -0.293. The summed E-state index contributed by atoms with van der Waals surface area (Å²) in [6.07, 6.45) is 0.779. The summed E-state index contributed by atoms with van der Waals surface area (Å²) in [6, 6.07) is 6.26. The van der Waals surface area contributed by atoms with Crippen LogP contribution < -0.4 is 5.73 Å². The van der Waals surface area contributed by atoms with Gasteiger partial charge in [0.05, 0.1) is 11.6 Å². The van der Waals surface area contributed by atoms with Gasteiger partial charge >= 0.3 is 0 Å². The molecule has 2 heteroatoms. The van der Waals surface area contributed by atoms with E-state index in [-0.39, 0.29) is 11.9 Å². The summed E-state index contributed by atoms with van der Waals surface area (Å²) in [6.45, 7) is 1.95. The van der Waals surface area contributed by atoms with Crippen LogP contribution in [0.5, 0.6) is 0 Å². The van der Waals surface area contributed by atoms with Crippen molar-refractivity contribution in [3.8, 4) is 11.8 Å². The molecule has 0 fully saturated rings. The third-order valence-electron chi connectivity index (χ3n) is 1.71. The standard InChI is InChI=1S/C11H12FN/c1-2-10(13)8-7-9-5-3-4-6-11(9)12/h3-6,10H,2,13H2,1H3. The summed E-state index contributed by atoms with van der Waals surface area (Å²) >= 11 is 0. The monoisotopic (exact) mass is 177 g/mol. The molecule has 1 aromatic rings. The molecule has 1 aromatic carbocycles. The molecular weight excluding hydrogens is 165 g/mol. The molecule has 0 heterocycles. The van der Waals surface area contributed by atoms with Gasteiger partial charge in [-0.05, 0) is 18.6 Å². The molecule has 0 aliphatic heterocycles. The average molecular weight is 177 g/mol. The van der Waals surface area contributed by atoms with E-state index in [1.54, 1.807) is 18.2 Å². The normalized spacial score (nSPS) is 11.6. The van der Waals surface area contributed by atoms with E-state index in [9.17, 15) is 4.39 Å². The lowest BCUT2D eigenvalue weighted by Gasteiger charge is -1.96. The lowest BCUT2D eigenvalue weighted by atomic mass is 10.2. The van der Waals surface area contributed by atoms with Gasteiger partial charge in [0.15, 0.2) is 0 Å². The largest absolute Gasteiger partial charge is 0.318 e.